The molecule has 102 valence electrons. The number of rotatable bonds is 3. The first-order chi connectivity index (χ1) is 9.08. The highest BCUT2D eigenvalue weighted by Gasteiger charge is 2.29. The summed E-state index contributed by atoms with van der Waals surface area (Å²) in [5.74, 6) is -1.85. The molecule has 1 atom stereocenters. The average molecular weight is 266 g/mol. The van der Waals surface area contributed by atoms with Crippen molar-refractivity contribution in [1.29, 1.82) is 0 Å². The summed E-state index contributed by atoms with van der Waals surface area (Å²) in [6.45, 7) is 0.507. The van der Waals surface area contributed by atoms with Gasteiger partial charge in [-0.1, -0.05) is 0 Å². The summed E-state index contributed by atoms with van der Waals surface area (Å²) in [5, 5.41) is 8.87. The highest BCUT2D eigenvalue weighted by atomic mass is 19.1. The Kier molecular flexibility index (Phi) is 4.09. The van der Waals surface area contributed by atoms with Crippen molar-refractivity contribution in [3.05, 3.63) is 29.8 Å². The van der Waals surface area contributed by atoms with Crippen LogP contribution in [0.2, 0.25) is 0 Å². The van der Waals surface area contributed by atoms with E-state index in [0.717, 1.165) is 25.1 Å². The van der Waals surface area contributed by atoms with E-state index in [0.29, 0.717) is 13.0 Å². The lowest BCUT2D eigenvalue weighted by Gasteiger charge is -2.35. The van der Waals surface area contributed by atoms with Gasteiger partial charge >= 0.3 is 5.97 Å². The van der Waals surface area contributed by atoms with Crippen molar-refractivity contribution in [3.8, 4) is 0 Å². The highest BCUT2D eigenvalue weighted by molar-refractivity contribution is 5.94. The van der Waals surface area contributed by atoms with Crippen LogP contribution in [0.3, 0.4) is 0 Å². The maximum atomic E-state index is 13.1. The standard InChI is InChI=1S/C13H15FN2O3/c14-10-5-9(7-15-8-10)13(19)16-4-2-1-3-11(16)6-12(17)18/h5,7-8,11H,1-4,6H2,(H,17,18)/t11-/m0/s1. The molecule has 5 nitrogen and oxygen atoms in total. The predicted molar refractivity (Wildman–Crippen MR) is 65.1 cm³/mol. The molecule has 1 aliphatic heterocycles. The van der Waals surface area contributed by atoms with Crippen LogP contribution in [0.1, 0.15) is 36.0 Å². The Hall–Kier alpha value is -1.98. The first-order valence-electron chi connectivity index (χ1n) is 6.21. The molecule has 0 spiro atoms. The van der Waals surface area contributed by atoms with Crippen molar-refractivity contribution in [3.63, 3.8) is 0 Å². The van der Waals surface area contributed by atoms with E-state index < -0.39 is 11.8 Å². The molecule has 19 heavy (non-hydrogen) atoms. The Morgan fingerprint density at radius 1 is 1.42 bits per heavy atom. The van der Waals surface area contributed by atoms with Gasteiger partial charge in [-0.2, -0.15) is 0 Å². The zero-order valence-corrected chi connectivity index (χ0v) is 10.4. The predicted octanol–water partition coefficient (Wildman–Crippen LogP) is 1.69. The van der Waals surface area contributed by atoms with Crippen LogP contribution < -0.4 is 0 Å². The van der Waals surface area contributed by atoms with Crippen LogP contribution in [0.25, 0.3) is 0 Å². The molecule has 1 fully saturated rings. The van der Waals surface area contributed by atoms with E-state index in [9.17, 15) is 14.0 Å². The number of nitrogens with zero attached hydrogens (tertiary/aromatic N) is 2. The zero-order valence-electron chi connectivity index (χ0n) is 10.4. The minimum Gasteiger partial charge on any atom is -0.481 e. The molecule has 0 radical (unpaired) electrons. The lowest BCUT2D eigenvalue weighted by Crippen LogP contribution is -2.44. The molecule has 1 aromatic heterocycles. The number of pyridine rings is 1. The van der Waals surface area contributed by atoms with Crippen molar-refractivity contribution in [2.75, 3.05) is 6.54 Å². The summed E-state index contributed by atoms with van der Waals surface area (Å²) in [5.41, 5.74) is 0.164. The number of likely N-dealkylation sites (tertiary alicyclic amines) is 1. The fourth-order valence-corrected chi connectivity index (χ4v) is 2.38. The normalized spacial score (nSPS) is 19.2. The van der Waals surface area contributed by atoms with Gasteiger partial charge in [-0.25, -0.2) is 4.39 Å². The second-order valence-corrected chi connectivity index (χ2v) is 4.64. The number of carbonyl (C=O) groups is 2. The van der Waals surface area contributed by atoms with Crippen LogP contribution in [0.4, 0.5) is 4.39 Å². The summed E-state index contributed by atoms with van der Waals surface area (Å²) < 4.78 is 13.1. The van der Waals surface area contributed by atoms with E-state index >= 15 is 0 Å². The minimum atomic E-state index is -0.929. The summed E-state index contributed by atoms with van der Waals surface area (Å²) in [6, 6.07) is 0.809. The van der Waals surface area contributed by atoms with Gasteiger partial charge in [-0.05, 0) is 25.3 Å². The number of carboxylic acid groups (broad SMARTS) is 1. The molecule has 0 aliphatic carbocycles. The van der Waals surface area contributed by atoms with Crippen molar-refractivity contribution in [2.24, 2.45) is 0 Å². The monoisotopic (exact) mass is 266 g/mol. The van der Waals surface area contributed by atoms with Crippen LogP contribution in [-0.2, 0) is 4.79 Å². The second kappa shape index (κ2) is 5.77. The van der Waals surface area contributed by atoms with Gasteiger partial charge in [0.1, 0.15) is 5.82 Å². The fraction of sp³-hybridized carbons (Fsp3) is 0.462. The summed E-state index contributed by atoms with van der Waals surface area (Å²) in [7, 11) is 0. The lowest BCUT2D eigenvalue weighted by atomic mass is 9.98. The second-order valence-electron chi connectivity index (χ2n) is 4.64. The Bertz CT molecular complexity index is 493. The number of hydrogen-bond donors (Lipinski definition) is 1. The summed E-state index contributed by atoms with van der Waals surface area (Å²) in [4.78, 5) is 28.3. The van der Waals surface area contributed by atoms with Gasteiger partial charge < -0.3 is 10.0 Å². The van der Waals surface area contributed by atoms with E-state index in [-0.39, 0.29) is 23.9 Å². The average Bonchev–Trinajstić information content (AvgIpc) is 2.38. The Labute approximate surface area is 110 Å². The highest BCUT2D eigenvalue weighted by Crippen LogP contribution is 2.22. The molecular weight excluding hydrogens is 251 g/mol. The number of aromatic nitrogens is 1. The maximum Gasteiger partial charge on any atom is 0.305 e. The first-order valence-corrected chi connectivity index (χ1v) is 6.21. The van der Waals surface area contributed by atoms with Gasteiger partial charge in [0.2, 0.25) is 0 Å². The van der Waals surface area contributed by atoms with Crippen molar-refractivity contribution in [2.45, 2.75) is 31.7 Å². The van der Waals surface area contributed by atoms with E-state index in [1.54, 1.807) is 0 Å². The molecule has 1 aliphatic rings. The molecule has 0 unspecified atom stereocenters. The van der Waals surface area contributed by atoms with Crippen LogP contribution >= 0.6 is 0 Å². The molecular formula is C13H15FN2O3. The number of halogens is 1. The molecule has 6 heteroatoms. The van der Waals surface area contributed by atoms with E-state index in [1.807, 2.05) is 0 Å². The number of aliphatic carboxylic acids is 1. The number of amides is 1. The molecule has 2 rings (SSSR count). The topological polar surface area (TPSA) is 70.5 Å². The Morgan fingerprint density at radius 2 is 2.21 bits per heavy atom. The van der Waals surface area contributed by atoms with Gasteiger partial charge in [-0.15, -0.1) is 0 Å². The van der Waals surface area contributed by atoms with E-state index in [2.05, 4.69) is 4.98 Å². The molecule has 0 bridgehead atoms. The number of carbonyl (C=O) groups excluding carboxylic acids is 1. The quantitative estimate of drug-likeness (QED) is 0.903. The third-order valence-corrected chi connectivity index (χ3v) is 3.25. The lowest BCUT2D eigenvalue weighted by molar-refractivity contribution is -0.138. The molecule has 1 amide bonds. The smallest absolute Gasteiger partial charge is 0.305 e. The molecule has 0 aromatic carbocycles. The molecule has 1 N–H and O–H groups in total. The summed E-state index contributed by atoms with van der Waals surface area (Å²) >= 11 is 0. The van der Waals surface area contributed by atoms with Gasteiger partial charge in [-0.3, -0.25) is 14.6 Å². The van der Waals surface area contributed by atoms with E-state index in [4.69, 9.17) is 5.11 Å². The van der Waals surface area contributed by atoms with Gasteiger partial charge in [0.05, 0.1) is 18.2 Å². The van der Waals surface area contributed by atoms with Gasteiger partial charge in [0.25, 0.3) is 5.91 Å². The van der Waals surface area contributed by atoms with Crippen molar-refractivity contribution in [1.82, 2.24) is 9.88 Å². The van der Waals surface area contributed by atoms with Gasteiger partial charge in [0.15, 0.2) is 0 Å². The molecule has 1 aromatic rings. The van der Waals surface area contributed by atoms with Crippen LogP contribution in [0.5, 0.6) is 0 Å². The van der Waals surface area contributed by atoms with Crippen LogP contribution in [0, 0.1) is 5.82 Å². The number of piperidine rings is 1. The number of hydrogen-bond acceptors (Lipinski definition) is 3. The Morgan fingerprint density at radius 3 is 2.89 bits per heavy atom. The maximum absolute atomic E-state index is 13.1. The largest absolute Gasteiger partial charge is 0.481 e. The third-order valence-electron chi connectivity index (χ3n) is 3.25. The SMILES string of the molecule is O=C(O)C[C@@H]1CCCCN1C(=O)c1cncc(F)c1. The van der Waals surface area contributed by atoms with E-state index in [1.165, 1.54) is 11.1 Å². The molecule has 0 saturated carbocycles. The summed E-state index contributed by atoms with van der Waals surface area (Å²) in [6.07, 6.45) is 4.67. The van der Waals surface area contributed by atoms with Crippen LogP contribution in [0.15, 0.2) is 18.5 Å². The van der Waals surface area contributed by atoms with Gasteiger partial charge in [0, 0.05) is 18.8 Å². The first kappa shape index (κ1) is 13.5. The zero-order chi connectivity index (χ0) is 13.8. The molecule has 2 heterocycles. The number of carboxylic acids is 1. The Balaban J connectivity index is 2.17. The fourth-order valence-electron chi connectivity index (χ4n) is 2.38. The minimum absolute atomic E-state index is 0.0749. The molecule has 1 saturated heterocycles. The van der Waals surface area contributed by atoms with Crippen LogP contribution in [-0.4, -0.2) is 39.5 Å². The van der Waals surface area contributed by atoms with Crippen molar-refractivity contribution >= 4 is 11.9 Å². The third kappa shape index (κ3) is 3.27. The van der Waals surface area contributed by atoms with Crippen molar-refractivity contribution < 1.29 is 19.1 Å².